The number of fused-ring (bicyclic) bond motifs is 1. The predicted molar refractivity (Wildman–Crippen MR) is 151 cm³/mol. The van der Waals surface area contributed by atoms with Crippen molar-refractivity contribution < 1.29 is 14.3 Å². The smallest absolute Gasteiger partial charge is 0.323 e. The van der Waals surface area contributed by atoms with Crippen molar-refractivity contribution in [3.63, 3.8) is 0 Å². The van der Waals surface area contributed by atoms with Crippen LogP contribution in [0, 0.1) is 11.8 Å². The van der Waals surface area contributed by atoms with E-state index in [1.807, 2.05) is 48.7 Å². The van der Waals surface area contributed by atoms with E-state index in [1.54, 1.807) is 19.2 Å². The molecule has 0 spiro atoms. The van der Waals surface area contributed by atoms with Gasteiger partial charge in [0.05, 0.1) is 18.8 Å². The zero-order valence-electron chi connectivity index (χ0n) is 21.4. The number of nitrogens with zero attached hydrogens (tertiary/aromatic N) is 3. The van der Waals surface area contributed by atoms with E-state index in [1.165, 1.54) is 6.33 Å². The van der Waals surface area contributed by atoms with Crippen LogP contribution < -0.4 is 25.6 Å². The van der Waals surface area contributed by atoms with Crippen LogP contribution in [0.1, 0.15) is 18.4 Å². The minimum absolute atomic E-state index is 0.0161. The number of hydrogen-bond acceptors (Lipinski definition) is 6. The third-order valence-electron chi connectivity index (χ3n) is 6.96. The van der Waals surface area contributed by atoms with Gasteiger partial charge in [0, 0.05) is 29.8 Å². The highest BCUT2D eigenvalue weighted by Gasteiger charge is 2.32. The molecule has 39 heavy (non-hydrogen) atoms. The molecule has 9 heteroatoms. The fourth-order valence-electron chi connectivity index (χ4n) is 4.78. The summed E-state index contributed by atoms with van der Waals surface area (Å²) in [6.45, 7) is 0. The Kier molecular flexibility index (Phi) is 6.54. The number of carbonyl (C=O) groups is 2. The van der Waals surface area contributed by atoms with Gasteiger partial charge in [0.2, 0.25) is 5.91 Å². The van der Waals surface area contributed by atoms with E-state index in [-0.39, 0.29) is 29.8 Å². The summed E-state index contributed by atoms with van der Waals surface area (Å²) in [6.07, 6.45) is 14.0. The van der Waals surface area contributed by atoms with Crippen molar-refractivity contribution in [2.75, 3.05) is 28.0 Å². The van der Waals surface area contributed by atoms with Crippen LogP contribution in [-0.2, 0) is 4.79 Å². The first-order valence-electron chi connectivity index (χ1n) is 12.9. The van der Waals surface area contributed by atoms with Gasteiger partial charge in [0.25, 0.3) is 0 Å². The maximum Gasteiger partial charge on any atom is 0.323 e. The fourth-order valence-corrected chi connectivity index (χ4v) is 4.78. The lowest BCUT2D eigenvalue weighted by molar-refractivity contribution is -0.117. The molecule has 1 saturated carbocycles. The van der Waals surface area contributed by atoms with E-state index in [2.05, 4.69) is 55.1 Å². The molecular weight excluding hydrogens is 492 g/mol. The minimum Gasteiger partial charge on any atom is -0.495 e. The third kappa shape index (κ3) is 5.38. The minimum atomic E-state index is -0.357. The van der Waals surface area contributed by atoms with Gasteiger partial charge in [-0.3, -0.25) is 4.79 Å². The van der Waals surface area contributed by atoms with Crippen molar-refractivity contribution in [3.8, 4) is 5.75 Å². The first-order chi connectivity index (χ1) is 19.1. The van der Waals surface area contributed by atoms with E-state index in [4.69, 9.17) is 4.74 Å². The lowest BCUT2D eigenvalue weighted by atomic mass is 9.90. The highest BCUT2D eigenvalue weighted by molar-refractivity contribution is 6.01. The van der Waals surface area contributed by atoms with E-state index >= 15 is 0 Å². The number of methoxy groups -OCH3 is 1. The van der Waals surface area contributed by atoms with Crippen LogP contribution in [0.5, 0.6) is 5.75 Å². The van der Waals surface area contributed by atoms with Crippen molar-refractivity contribution >= 4 is 40.5 Å². The highest BCUT2D eigenvalue weighted by atomic mass is 16.5. The average Bonchev–Trinajstić information content (AvgIpc) is 3.73. The lowest BCUT2D eigenvalue weighted by Crippen LogP contribution is -2.31. The number of carbonyl (C=O) groups excluding carboxylic acids is 2. The molecule has 3 N–H and O–H groups in total. The number of urea groups is 1. The molecular formula is C30H28N6O3. The largest absolute Gasteiger partial charge is 0.495 e. The Hall–Kier alpha value is -4.92. The maximum atomic E-state index is 12.7. The molecule has 2 atom stereocenters. The topological polar surface area (TPSA) is 108 Å². The molecule has 3 aromatic rings. The van der Waals surface area contributed by atoms with Gasteiger partial charge >= 0.3 is 6.03 Å². The van der Waals surface area contributed by atoms with Crippen LogP contribution >= 0.6 is 0 Å². The Balaban J connectivity index is 1.17. The molecule has 196 valence electrons. The molecule has 9 nitrogen and oxygen atoms in total. The highest BCUT2D eigenvalue weighted by Crippen LogP contribution is 2.36. The zero-order chi connectivity index (χ0) is 26.8. The van der Waals surface area contributed by atoms with Crippen molar-refractivity contribution in [2.45, 2.75) is 18.9 Å². The summed E-state index contributed by atoms with van der Waals surface area (Å²) in [5.74, 6) is 2.13. The van der Waals surface area contributed by atoms with Gasteiger partial charge < -0.3 is 25.6 Å². The number of anilines is 4. The fraction of sp³-hybridized carbons (Fsp3) is 0.200. The van der Waals surface area contributed by atoms with Gasteiger partial charge in [-0.05, 0) is 48.2 Å². The third-order valence-corrected chi connectivity index (χ3v) is 6.96. The van der Waals surface area contributed by atoms with Gasteiger partial charge in [-0.2, -0.15) is 0 Å². The summed E-state index contributed by atoms with van der Waals surface area (Å²) < 4.78 is 5.31. The van der Waals surface area contributed by atoms with Crippen molar-refractivity contribution in [3.05, 3.63) is 97.0 Å². The van der Waals surface area contributed by atoms with Crippen LogP contribution in [0.2, 0.25) is 0 Å². The maximum absolute atomic E-state index is 12.7. The van der Waals surface area contributed by atoms with E-state index in [9.17, 15) is 9.59 Å². The Bertz CT molecular complexity index is 1510. The number of aromatic nitrogens is 2. The number of rotatable bonds is 7. The Morgan fingerprint density at radius 2 is 1.85 bits per heavy atom. The van der Waals surface area contributed by atoms with E-state index in [0.717, 1.165) is 24.0 Å². The average molecular weight is 521 g/mol. The quantitative estimate of drug-likeness (QED) is 0.382. The number of ether oxygens (including phenoxy) is 1. The van der Waals surface area contributed by atoms with Crippen LogP contribution in [-0.4, -0.2) is 35.1 Å². The van der Waals surface area contributed by atoms with Gasteiger partial charge in [0.15, 0.2) is 0 Å². The normalized spacial score (nSPS) is 19.2. The van der Waals surface area contributed by atoms with Gasteiger partial charge in [0.1, 0.15) is 23.7 Å². The Labute approximate surface area is 226 Å². The molecule has 2 aromatic carbocycles. The molecule has 1 fully saturated rings. The van der Waals surface area contributed by atoms with Crippen molar-refractivity contribution in [1.29, 1.82) is 0 Å². The van der Waals surface area contributed by atoms with E-state index in [0.29, 0.717) is 28.8 Å². The summed E-state index contributed by atoms with van der Waals surface area (Å²) >= 11 is 0. The molecule has 3 amide bonds. The molecule has 1 aromatic heterocycles. The van der Waals surface area contributed by atoms with Gasteiger partial charge in [-0.15, -0.1) is 0 Å². The van der Waals surface area contributed by atoms with Crippen molar-refractivity contribution in [1.82, 2.24) is 9.97 Å². The summed E-state index contributed by atoms with van der Waals surface area (Å²) in [6, 6.07) is 16.5. The van der Waals surface area contributed by atoms with Crippen LogP contribution in [0.15, 0.2) is 91.4 Å². The number of amides is 3. The molecule has 2 unspecified atom stereocenters. The first-order valence-corrected chi connectivity index (χ1v) is 12.9. The summed E-state index contributed by atoms with van der Waals surface area (Å²) in [4.78, 5) is 35.6. The van der Waals surface area contributed by atoms with Gasteiger partial charge in [-0.1, -0.05) is 48.6 Å². The second kappa shape index (κ2) is 10.4. The van der Waals surface area contributed by atoms with Crippen LogP contribution in [0.4, 0.5) is 27.8 Å². The van der Waals surface area contributed by atoms with Crippen LogP contribution in [0.3, 0.4) is 0 Å². The standard InChI is InChI=1S/C30H28N6O3/c1-39-26-8-3-2-7-24(26)34-30(38)33-23-6-4-5-21(15-23)22-12-9-19-13-14-36(25(19)16-22)28-17-27(31-18-32-28)35-29(37)20-10-11-20/h2-9,12-20,25H,10-11H2,1H3,(H2,33,34,38)(H,31,32,35,37). The van der Waals surface area contributed by atoms with Crippen molar-refractivity contribution in [2.24, 2.45) is 11.8 Å². The van der Waals surface area contributed by atoms with Gasteiger partial charge in [-0.25, -0.2) is 14.8 Å². The zero-order valence-corrected chi connectivity index (χ0v) is 21.4. The molecule has 1 aliphatic heterocycles. The molecule has 0 bridgehead atoms. The second-order valence-corrected chi connectivity index (χ2v) is 9.68. The molecule has 2 aliphatic carbocycles. The molecule has 2 heterocycles. The number of para-hydroxylation sites is 2. The molecule has 0 saturated heterocycles. The number of nitrogens with one attached hydrogen (secondary N) is 3. The number of benzene rings is 2. The molecule has 0 radical (unpaired) electrons. The molecule has 3 aliphatic rings. The first kappa shape index (κ1) is 24.4. The number of hydrogen-bond donors (Lipinski definition) is 3. The molecule has 6 rings (SSSR count). The predicted octanol–water partition coefficient (Wildman–Crippen LogP) is 5.45. The van der Waals surface area contributed by atoms with Crippen LogP contribution in [0.25, 0.3) is 5.57 Å². The monoisotopic (exact) mass is 520 g/mol. The Morgan fingerprint density at radius 3 is 2.69 bits per heavy atom. The van der Waals surface area contributed by atoms with E-state index < -0.39 is 0 Å². The lowest BCUT2D eigenvalue weighted by Gasteiger charge is -2.28. The SMILES string of the molecule is COc1ccccc1NC(=O)Nc1cccc(C2=CC3C(C=C2)C=CN3c2cc(NC(=O)C3CC3)ncn2)c1. The second-order valence-electron chi connectivity index (χ2n) is 9.68. The Morgan fingerprint density at radius 1 is 0.974 bits per heavy atom. The number of allylic oxidation sites excluding steroid dienone is 2. The summed E-state index contributed by atoms with van der Waals surface area (Å²) in [7, 11) is 1.56. The summed E-state index contributed by atoms with van der Waals surface area (Å²) in [5, 5.41) is 8.64. The summed E-state index contributed by atoms with van der Waals surface area (Å²) in [5.41, 5.74) is 3.28.